The standard InChI is InChI=1S/C34H46N4O6.BrH/c1-7-43-29-17-23-19-37(32(35)24(23)18-25(29)33(42)36-6)20-28(39)22-15-26(34(3,4)5)31(44-14-9-8-12-30(40)41)27(16-22)38-13-10-11-21(38)2;/h15-18,21,35H,7-14,19-20H2,1-6H3,(H,36,42)(H,40,41);1H. The second kappa shape index (κ2) is 15.1. The summed E-state index contributed by atoms with van der Waals surface area (Å²) in [6.45, 7) is 12.4. The molecular weight excluding hydrogens is 640 g/mol. The van der Waals surface area contributed by atoms with E-state index in [0.717, 1.165) is 42.0 Å². The van der Waals surface area contributed by atoms with Gasteiger partial charge in [0.15, 0.2) is 5.78 Å². The van der Waals surface area contributed by atoms with Crippen molar-refractivity contribution in [1.29, 1.82) is 5.41 Å². The minimum Gasteiger partial charge on any atom is -0.493 e. The van der Waals surface area contributed by atoms with Crippen LogP contribution in [0, 0.1) is 5.41 Å². The number of ketones is 1. The van der Waals surface area contributed by atoms with E-state index >= 15 is 0 Å². The van der Waals surface area contributed by atoms with Gasteiger partial charge < -0.3 is 29.7 Å². The summed E-state index contributed by atoms with van der Waals surface area (Å²) in [6.07, 6.45) is 3.36. The van der Waals surface area contributed by atoms with Gasteiger partial charge in [-0.1, -0.05) is 20.8 Å². The highest BCUT2D eigenvalue weighted by Gasteiger charge is 2.32. The van der Waals surface area contributed by atoms with E-state index in [1.165, 1.54) is 0 Å². The number of carboxylic acid groups (broad SMARTS) is 1. The Kier molecular flexibility index (Phi) is 12.1. The molecule has 4 rings (SSSR count). The number of nitrogens with one attached hydrogen (secondary N) is 2. The summed E-state index contributed by atoms with van der Waals surface area (Å²) in [5.74, 6) is 0.207. The van der Waals surface area contributed by atoms with E-state index in [4.69, 9.17) is 20.0 Å². The van der Waals surface area contributed by atoms with Crippen molar-refractivity contribution in [2.45, 2.75) is 84.7 Å². The fraction of sp³-hybridized carbons (Fsp3) is 0.529. The molecule has 0 radical (unpaired) electrons. The quantitative estimate of drug-likeness (QED) is 0.174. The number of aliphatic carboxylic acids is 1. The second-order valence-corrected chi connectivity index (χ2v) is 12.7. The lowest BCUT2D eigenvalue weighted by Crippen LogP contribution is -2.31. The minimum atomic E-state index is -0.814. The monoisotopic (exact) mass is 686 g/mol. The number of fused-ring (bicyclic) bond motifs is 1. The highest BCUT2D eigenvalue weighted by atomic mass is 79.9. The zero-order valence-corrected chi connectivity index (χ0v) is 29.0. The predicted molar refractivity (Wildman–Crippen MR) is 181 cm³/mol. The van der Waals surface area contributed by atoms with Crippen LogP contribution in [0.25, 0.3) is 0 Å². The summed E-state index contributed by atoms with van der Waals surface area (Å²) >= 11 is 0. The first-order valence-corrected chi connectivity index (χ1v) is 15.5. The molecule has 45 heavy (non-hydrogen) atoms. The van der Waals surface area contributed by atoms with Gasteiger partial charge in [0.25, 0.3) is 5.91 Å². The molecule has 10 nitrogen and oxygen atoms in total. The molecule has 2 aromatic rings. The van der Waals surface area contributed by atoms with Crippen molar-refractivity contribution in [3.63, 3.8) is 0 Å². The molecule has 1 atom stereocenters. The number of nitrogens with zero attached hydrogens (tertiary/aromatic N) is 2. The molecule has 2 aliphatic rings. The number of hydrogen-bond donors (Lipinski definition) is 3. The van der Waals surface area contributed by atoms with E-state index in [1.807, 2.05) is 19.1 Å². The van der Waals surface area contributed by atoms with Gasteiger partial charge >= 0.3 is 5.97 Å². The molecule has 246 valence electrons. The number of anilines is 1. The van der Waals surface area contributed by atoms with Crippen LogP contribution in [0.3, 0.4) is 0 Å². The zero-order chi connectivity index (χ0) is 32.2. The highest BCUT2D eigenvalue weighted by Crippen LogP contribution is 2.43. The third-order valence-electron chi connectivity index (χ3n) is 8.34. The summed E-state index contributed by atoms with van der Waals surface area (Å²) in [4.78, 5) is 41.5. The summed E-state index contributed by atoms with van der Waals surface area (Å²) in [7, 11) is 1.56. The maximum Gasteiger partial charge on any atom is 0.303 e. The van der Waals surface area contributed by atoms with Gasteiger partial charge in [-0.05, 0) is 74.8 Å². The van der Waals surface area contributed by atoms with Crippen LogP contribution in [-0.2, 0) is 16.8 Å². The van der Waals surface area contributed by atoms with Crippen molar-refractivity contribution >= 4 is 46.2 Å². The van der Waals surface area contributed by atoms with Crippen LogP contribution in [0.4, 0.5) is 5.69 Å². The van der Waals surface area contributed by atoms with E-state index in [9.17, 15) is 14.4 Å². The summed E-state index contributed by atoms with van der Waals surface area (Å²) in [5, 5.41) is 20.5. The molecule has 1 unspecified atom stereocenters. The normalized spacial score (nSPS) is 15.9. The van der Waals surface area contributed by atoms with E-state index < -0.39 is 5.97 Å². The van der Waals surface area contributed by atoms with Crippen molar-refractivity contribution in [2.75, 3.05) is 38.3 Å². The lowest BCUT2D eigenvalue weighted by atomic mass is 9.84. The Hall–Kier alpha value is -3.60. The Morgan fingerprint density at radius 3 is 2.44 bits per heavy atom. The van der Waals surface area contributed by atoms with Gasteiger partial charge in [0, 0.05) is 49.3 Å². The van der Waals surface area contributed by atoms with Crippen molar-refractivity contribution in [2.24, 2.45) is 0 Å². The van der Waals surface area contributed by atoms with Crippen LogP contribution in [0.2, 0.25) is 0 Å². The van der Waals surface area contributed by atoms with Gasteiger partial charge in [-0.2, -0.15) is 0 Å². The van der Waals surface area contributed by atoms with Gasteiger partial charge in [0.1, 0.15) is 17.3 Å². The van der Waals surface area contributed by atoms with Gasteiger partial charge in [0.05, 0.1) is 31.0 Å². The third-order valence-corrected chi connectivity index (χ3v) is 8.34. The van der Waals surface area contributed by atoms with Gasteiger partial charge in [-0.15, -0.1) is 17.0 Å². The molecule has 0 saturated carbocycles. The Balaban J connectivity index is 0.00000552. The van der Waals surface area contributed by atoms with Crippen molar-refractivity contribution in [3.05, 3.63) is 52.1 Å². The number of carboxylic acids is 1. The molecule has 2 aromatic carbocycles. The van der Waals surface area contributed by atoms with Crippen molar-refractivity contribution < 1.29 is 29.0 Å². The number of rotatable bonds is 13. The first kappa shape index (κ1) is 35.9. The molecule has 3 N–H and O–H groups in total. The maximum atomic E-state index is 13.9. The fourth-order valence-corrected chi connectivity index (χ4v) is 5.96. The van der Waals surface area contributed by atoms with Gasteiger partial charge in [-0.3, -0.25) is 19.8 Å². The maximum absolute atomic E-state index is 13.9. The molecule has 0 bridgehead atoms. The number of carbonyl (C=O) groups excluding carboxylic acids is 2. The highest BCUT2D eigenvalue weighted by molar-refractivity contribution is 8.93. The number of carbonyl (C=O) groups is 3. The van der Waals surface area contributed by atoms with Crippen LogP contribution in [0.5, 0.6) is 11.5 Å². The predicted octanol–water partition coefficient (Wildman–Crippen LogP) is 5.97. The van der Waals surface area contributed by atoms with Crippen molar-refractivity contribution in [3.8, 4) is 11.5 Å². The molecule has 2 heterocycles. The summed E-state index contributed by atoms with van der Waals surface area (Å²) in [5.41, 5.74) is 3.87. The number of amidine groups is 1. The molecule has 1 fully saturated rings. The number of unbranched alkanes of at least 4 members (excludes halogenated alkanes) is 1. The van der Waals surface area contributed by atoms with Crippen molar-refractivity contribution in [1.82, 2.24) is 10.2 Å². The molecule has 2 aliphatic heterocycles. The van der Waals surface area contributed by atoms with Crippen LogP contribution >= 0.6 is 17.0 Å². The molecule has 1 amide bonds. The number of hydrogen-bond acceptors (Lipinski definition) is 7. The van der Waals surface area contributed by atoms with Crippen LogP contribution in [0.15, 0.2) is 24.3 Å². The van der Waals surface area contributed by atoms with E-state index in [1.54, 1.807) is 24.1 Å². The number of ether oxygens (including phenoxy) is 2. The van der Waals surface area contributed by atoms with E-state index in [-0.39, 0.29) is 58.9 Å². The molecule has 0 aliphatic carbocycles. The largest absolute Gasteiger partial charge is 0.493 e. The Morgan fingerprint density at radius 2 is 1.84 bits per heavy atom. The lowest BCUT2D eigenvalue weighted by Gasteiger charge is -2.32. The smallest absolute Gasteiger partial charge is 0.303 e. The molecule has 11 heteroatoms. The fourth-order valence-electron chi connectivity index (χ4n) is 5.96. The van der Waals surface area contributed by atoms with Crippen LogP contribution in [0.1, 0.15) is 104 Å². The topological polar surface area (TPSA) is 132 Å². The number of halogens is 1. The molecule has 0 aromatic heterocycles. The Labute approximate surface area is 276 Å². The molecule has 0 spiro atoms. The number of benzene rings is 2. The SMILES string of the molecule is Br.CCOc1cc2c(cc1C(=O)NC)C(=N)N(CC(=O)c1cc(N3CCCC3C)c(OCCCCC(=O)O)c(C(C)(C)C)c1)C2. The molecule has 1 saturated heterocycles. The first-order valence-electron chi connectivity index (χ1n) is 15.5. The Morgan fingerprint density at radius 1 is 1.11 bits per heavy atom. The summed E-state index contributed by atoms with van der Waals surface area (Å²) < 4.78 is 12.1. The summed E-state index contributed by atoms with van der Waals surface area (Å²) in [6, 6.07) is 7.62. The minimum absolute atomic E-state index is 0. The van der Waals surface area contributed by atoms with Crippen LogP contribution < -0.4 is 19.7 Å². The Bertz CT molecular complexity index is 1440. The molecular formula is C34H47BrN4O6. The van der Waals surface area contributed by atoms with E-state index in [0.29, 0.717) is 55.0 Å². The number of Topliss-reactive ketones (excluding diaryl/α,β-unsaturated/α-hetero) is 1. The van der Waals surface area contributed by atoms with Gasteiger partial charge in [0.2, 0.25) is 0 Å². The third kappa shape index (κ3) is 8.17. The van der Waals surface area contributed by atoms with E-state index in [2.05, 4.69) is 37.9 Å². The zero-order valence-electron chi connectivity index (χ0n) is 27.2. The average Bonchev–Trinajstić information content (AvgIpc) is 3.53. The second-order valence-electron chi connectivity index (χ2n) is 12.7. The van der Waals surface area contributed by atoms with Gasteiger partial charge in [-0.25, -0.2) is 0 Å². The lowest BCUT2D eigenvalue weighted by molar-refractivity contribution is -0.137. The van der Waals surface area contributed by atoms with Crippen LogP contribution in [-0.4, -0.2) is 72.9 Å². The first-order chi connectivity index (χ1) is 20.8. The number of amides is 1. The average molecular weight is 688 g/mol.